The monoisotopic (exact) mass is 272 g/mol. The number of H-pyrrole nitrogens is 1. The van der Waals surface area contributed by atoms with E-state index in [1.165, 1.54) is 0 Å². The van der Waals surface area contributed by atoms with Crippen LogP contribution in [0, 0.1) is 0 Å². The van der Waals surface area contributed by atoms with Crippen molar-refractivity contribution in [2.24, 2.45) is 5.73 Å². The predicted octanol–water partition coefficient (Wildman–Crippen LogP) is 2.52. The summed E-state index contributed by atoms with van der Waals surface area (Å²) in [5, 5.41) is 1.12. The lowest BCUT2D eigenvalue weighted by atomic mass is 10.1. The molecule has 1 aromatic heterocycles. The number of aromatic nitrogens is 1. The highest BCUT2D eigenvalue weighted by molar-refractivity contribution is 5.84. The van der Waals surface area contributed by atoms with Gasteiger partial charge in [-0.05, 0) is 37.3 Å². The van der Waals surface area contributed by atoms with E-state index in [0.29, 0.717) is 6.42 Å². The molecule has 1 aromatic carbocycles. The van der Waals surface area contributed by atoms with E-state index in [9.17, 15) is 4.79 Å². The summed E-state index contributed by atoms with van der Waals surface area (Å²) in [7, 11) is 0. The molecule has 4 heteroatoms. The fraction of sp³-hybridized carbons (Fsp3) is 0.438. The normalized spacial score (nSPS) is 17.4. The van der Waals surface area contributed by atoms with Crippen LogP contribution in [0.4, 0.5) is 0 Å². The second-order valence-electron chi connectivity index (χ2n) is 5.51. The van der Waals surface area contributed by atoms with Crippen LogP contribution in [-0.2, 0) is 16.0 Å². The van der Waals surface area contributed by atoms with Gasteiger partial charge in [-0.25, -0.2) is 0 Å². The molecular weight excluding hydrogens is 252 g/mol. The topological polar surface area (TPSA) is 68.1 Å². The van der Waals surface area contributed by atoms with Gasteiger partial charge in [0.2, 0.25) is 0 Å². The lowest BCUT2D eigenvalue weighted by Gasteiger charge is -2.15. The van der Waals surface area contributed by atoms with Crippen LogP contribution < -0.4 is 5.73 Å². The van der Waals surface area contributed by atoms with Gasteiger partial charge in [0, 0.05) is 23.5 Å². The first kappa shape index (κ1) is 13.2. The quantitative estimate of drug-likeness (QED) is 0.840. The number of aromatic amines is 1. The van der Waals surface area contributed by atoms with Gasteiger partial charge in [0.1, 0.15) is 12.1 Å². The van der Waals surface area contributed by atoms with Gasteiger partial charge >= 0.3 is 5.97 Å². The van der Waals surface area contributed by atoms with Crippen molar-refractivity contribution in [3.63, 3.8) is 0 Å². The highest BCUT2D eigenvalue weighted by Gasteiger charge is 2.23. The molecule has 1 aliphatic carbocycles. The van der Waals surface area contributed by atoms with E-state index in [1.54, 1.807) is 0 Å². The van der Waals surface area contributed by atoms with Crippen LogP contribution in [-0.4, -0.2) is 23.1 Å². The number of esters is 1. The number of nitrogens with one attached hydrogen (secondary N) is 1. The molecule has 106 valence electrons. The number of ether oxygens (including phenoxy) is 1. The number of hydrogen-bond donors (Lipinski definition) is 2. The minimum Gasteiger partial charge on any atom is -0.461 e. The van der Waals surface area contributed by atoms with Gasteiger partial charge in [0.15, 0.2) is 0 Å². The van der Waals surface area contributed by atoms with E-state index in [-0.39, 0.29) is 12.1 Å². The highest BCUT2D eigenvalue weighted by atomic mass is 16.5. The SMILES string of the molecule is N[C@@H](Cc1c[nH]c2ccccc12)C(=O)OC1CCCC1. The lowest BCUT2D eigenvalue weighted by molar-refractivity contribution is -0.150. The fourth-order valence-electron chi connectivity index (χ4n) is 2.88. The summed E-state index contributed by atoms with van der Waals surface area (Å²) < 4.78 is 5.46. The Morgan fingerprint density at radius 1 is 1.35 bits per heavy atom. The summed E-state index contributed by atoms with van der Waals surface area (Å²) in [6, 6.07) is 7.44. The fourth-order valence-corrected chi connectivity index (χ4v) is 2.88. The maximum atomic E-state index is 12.0. The Morgan fingerprint density at radius 3 is 2.90 bits per heavy atom. The minimum atomic E-state index is -0.588. The maximum absolute atomic E-state index is 12.0. The van der Waals surface area contributed by atoms with Crippen molar-refractivity contribution in [3.05, 3.63) is 36.0 Å². The largest absolute Gasteiger partial charge is 0.461 e. The van der Waals surface area contributed by atoms with Crippen LogP contribution in [0.3, 0.4) is 0 Å². The van der Waals surface area contributed by atoms with Crippen LogP contribution in [0.25, 0.3) is 10.9 Å². The number of fused-ring (bicyclic) bond motifs is 1. The van der Waals surface area contributed by atoms with Gasteiger partial charge in [-0.15, -0.1) is 0 Å². The first-order chi connectivity index (χ1) is 9.74. The molecule has 3 rings (SSSR count). The first-order valence-electron chi connectivity index (χ1n) is 7.25. The van der Waals surface area contributed by atoms with Gasteiger partial charge in [0.05, 0.1) is 0 Å². The summed E-state index contributed by atoms with van der Waals surface area (Å²) in [5.74, 6) is -0.276. The van der Waals surface area contributed by atoms with Gasteiger partial charge in [-0.2, -0.15) is 0 Å². The van der Waals surface area contributed by atoms with E-state index in [0.717, 1.165) is 42.1 Å². The van der Waals surface area contributed by atoms with Crippen molar-refractivity contribution >= 4 is 16.9 Å². The molecule has 3 N–H and O–H groups in total. The summed E-state index contributed by atoms with van der Waals surface area (Å²) in [6.45, 7) is 0. The van der Waals surface area contributed by atoms with Crippen LogP contribution >= 0.6 is 0 Å². The van der Waals surface area contributed by atoms with Gasteiger partial charge < -0.3 is 15.5 Å². The van der Waals surface area contributed by atoms with Crippen LogP contribution in [0.1, 0.15) is 31.2 Å². The summed E-state index contributed by atoms with van der Waals surface area (Å²) in [5.41, 5.74) is 8.12. The maximum Gasteiger partial charge on any atom is 0.323 e. The zero-order chi connectivity index (χ0) is 13.9. The number of benzene rings is 1. The van der Waals surface area contributed by atoms with Crippen LogP contribution in [0.15, 0.2) is 30.5 Å². The number of nitrogens with two attached hydrogens (primary N) is 1. The minimum absolute atomic E-state index is 0.0801. The molecule has 1 atom stereocenters. The second-order valence-corrected chi connectivity index (χ2v) is 5.51. The number of hydrogen-bond acceptors (Lipinski definition) is 3. The van der Waals surface area contributed by atoms with Crippen LogP contribution in [0.2, 0.25) is 0 Å². The average Bonchev–Trinajstić information content (AvgIpc) is 3.09. The zero-order valence-corrected chi connectivity index (χ0v) is 11.5. The number of carbonyl (C=O) groups is 1. The molecule has 1 saturated carbocycles. The summed E-state index contributed by atoms with van der Waals surface area (Å²) >= 11 is 0. The number of para-hydroxylation sites is 1. The molecule has 1 fully saturated rings. The van der Waals surface area contributed by atoms with Gasteiger partial charge in [-0.3, -0.25) is 4.79 Å². The third-order valence-electron chi connectivity index (χ3n) is 4.00. The number of carbonyl (C=O) groups excluding carboxylic acids is 1. The molecule has 0 amide bonds. The lowest BCUT2D eigenvalue weighted by Crippen LogP contribution is -2.36. The van der Waals surface area contributed by atoms with E-state index >= 15 is 0 Å². The molecule has 1 heterocycles. The molecule has 0 unspecified atom stereocenters. The Morgan fingerprint density at radius 2 is 2.10 bits per heavy atom. The standard InChI is InChI=1S/C16H20N2O2/c17-14(16(19)20-12-5-1-2-6-12)9-11-10-18-15-8-4-3-7-13(11)15/h3-4,7-8,10,12,14,18H,1-2,5-6,9,17H2/t14-/m0/s1. The molecule has 2 aromatic rings. The average molecular weight is 272 g/mol. The first-order valence-corrected chi connectivity index (χ1v) is 7.25. The molecule has 0 saturated heterocycles. The Kier molecular flexibility index (Phi) is 3.74. The van der Waals surface area contributed by atoms with Crippen molar-refractivity contribution in [3.8, 4) is 0 Å². The van der Waals surface area contributed by atoms with E-state index < -0.39 is 6.04 Å². The van der Waals surface area contributed by atoms with E-state index in [1.807, 2.05) is 30.5 Å². The predicted molar refractivity (Wildman–Crippen MR) is 78.3 cm³/mol. The molecule has 0 aliphatic heterocycles. The van der Waals surface area contributed by atoms with Crippen molar-refractivity contribution in [2.75, 3.05) is 0 Å². The highest BCUT2D eigenvalue weighted by Crippen LogP contribution is 2.22. The Bertz CT molecular complexity index is 599. The smallest absolute Gasteiger partial charge is 0.323 e. The van der Waals surface area contributed by atoms with Gasteiger partial charge in [-0.1, -0.05) is 18.2 Å². The Balaban J connectivity index is 1.65. The molecule has 0 bridgehead atoms. The summed E-state index contributed by atoms with van der Waals surface area (Å²) in [4.78, 5) is 15.2. The third-order valence-corrected chi connectivity index (χ3v) is 4.00. The Hall–Kier alpha value is -1.81. The molecule has 0 radical (unpaired) electrons. The van der Waals surface area contributed by atoms with E-state index in [4.69, 9.17) is 10.5 Å². The number of rotatable bonds is 4. The second kappa shape index (κ2) is 5.67. The van der Waals surface area contributed by atoms with E-state index in [2.05, 4.69) is 4.98 Å². The van der Waals surface area contributed by atoms with Crippen molar-refractivity contribution in [1.29, 1.82) is 0 Å². The van der Waals surface area contributed by atoms with Gasteiger partial charge in [0.25, 0.3) is 0 Å². The molecule has 0 spiro atoms. The molecule has 1 aliphatic rings. The summed E-state index contributed by atoms with van der Waals surface area (Å²) in [6.07, 6.45) is 6.77. The van der Waals surface area contributed by atoms with Crippen molar-refractivity contribution in [1.82, 2.24) is 4.98 Å². The van der Waals surface area contributed by atoms with Crippen molar-refractivity contribution in [2.45, 2.75) is 44.2 Å². The Labute approximate surface area is 118 Å². The van der Waals surface area contributed by atoms with Crippen LogP contribution in [0.5, 0.6) is 0 Å². The third kappa shape index (κ3) is 2.70. The molecule has 20 heavy (non-hydrogen) atoms. The molecular formula is C16H20N2O2. The zero-order valence-electron chi connectivity index (χ0n) is 11.5. The molecule has 4 nitrogen and oxygen atoms in total. The van der Waals surface area contributed by atoms with Crippen molar-refractivity contribution < 1.29 is 9.53 Å².